The molecule has 1 fully saturated rings. The summed E-state index contributed by atoms with van der Waals surface area (Å²) in [5.41, 5.74) is -2.30. The number of halogens is 3. The first-order valence-electron chi connectivity index (χ1n) is 8.01. The maximum absolute atomic E-state index is 13.3. The minimum atomic E-state index is -5.29. The Hall–Kier alpha value is -0.470. The number of hydrogen-bond donors (Lipinski definition) is 2. The third-order valence-corrected chi connectivity index (χ3v) is 8.96. The van der Waals surface area contributed by atoms with Crippen LogP contribution >= 0.6 is 0 Å². The Morgan fingerprint density at radius 3 is 1.81 bits per heavy atom. The zero-order valence-electron chi connectivity index (χ0n) is 16.3. The van der Waals surface area contributed by atoms with Crippen LogP contribution in [-0.2, 0) is 24.8 Å². The molecule has 13 heteroatoms. The number of sulfonamides is 2. The van der Waals surface area contributed by atoms with Gasteiger partial charge in [-0.05, 0) is 48.5 Å². The fourth-order valence-electron chi connectivity index (χ4n) is 2.20. The lowest BCUT2D eigenvalue weighted by molar-refractivity contribution is -0.362. The van der Waals surface area contributed by atoms with E-state index >= 15 is 0 Å². The van der Waals surface area contributed by atoms with E-state index in [0.717, 1.165) is 6.92 Å². The Balaban J connectivity index is 3.42. The molecule has 1 rings (SSSR count). The molecule has 0 spiro atoms. The van der Waals surface area contributed by atoms with Gasteiger partial charge in [0.25, 0.3) is 5.79 Å². The molecule has 27 heavy (non-hydrogen) atoms. The standard InChI is InChI=1S/C14H27F3N2O6S2/c1-10(2,3)26(21,22)18-8-12(7)19(27(23,24)11(4,5)6)9-13(20,25-12)14(15,16)17/h18,20H,8-9H2,1-7H3/t12?,13-/m0/s1. The molecule has 2 atom stereocenters. The van der Waals surface area contributed by atoms with Gasteiger partial charge in [-0.2, -0.15) is 17.5 Å². The number of β-amino-alcohol motifs (C(OH)–C–C–N with tert-alkyl or cyclic N) is 1. The molecule has 0 aromatic carbocycles. The maximum Gasteiger partial charge on any atom is 0.444 e. The number of nitrogens with one attached hydrogen (secondary N) is 1. The molecule has 0 saturated carbocycles. The van der Waals surface area contributed by atoms with Crippen LogP contribution in [0.1, 0.15) is 48.5 Å². The summed E-state index contributed by atoms with van der Waals surface area (Å²) in [6, 6.07) is 0. The van der Waals surface area contributed by atoms with Gasteiger partial charge >= 0.3 is 6.18 Å². The van der Waals surface area contributed by atoms with Crippen molar-refractivity contribution >= 4 is 20.0 Å². The van der Waals surface area contributed by atoms with Crippen molar-refractivity contribution in [3.63, 3.8) is 0 Å². The summed E-state index contributed by atoms with van der Waals surface area (Å²) in [5.74, 6) is -3.77. The molecule has 1 unspecified atom stereocenters. The highest BCUT2D eigenvalue weighted by Gasteiger charge is 2.68. The second-order valence-electron chi connectivity index (χ2n) is 8.62. The number of rotatable bonds is 4. The van der Waals surface area contributed by atoms with Crippen molar-refractivity contribution in [2.45, 2.75) is 75.6 Å². The normalized spacial score (nSPS) is 29.3. The van der Waals surface area contributed by atoms with Gasteiger partial charge in [0.05, 0.1) is 22.6 Å². The highest BCUT2D eigenvalue weighted by molar-refractivity contribution is 7.91. The third kappa shape index (κ3) is 4.42. The first-order valence-corrected chi connectivity index (χ1v) is 10.9. The quantitative estimate of drug-likeness (QED) is 0.678. The summed E-state index contributed by atoms with van der Waals surface area (Å²) in [4.78, 5) is 0. The van der Waals surface area contributed by atoms with Crippen molar-refractivity contribution in [3.8, 4) is 0 Å². The fourth-order valence-corrected chi connectivity index (χ4v) is 4.70. The molecular formula is C14H27F3N2O6S2. The molecule has 1 heterocycles. The summed E-state index contributed by atoms with van der Waals surface area (Å²) in [6.07, 6.45) is -5.29. The lowest BCUT2D eigenvalue weighted by Gasteiger charge is -2.37. The Kier molecular flexibility index (Phi) is 5.94. The van der Waals surface area contributed by atoms with E-state index in [9.17, 15) is 35.1 Å². The number of nitrogens with zero attached hydrogens (tertiary/aromatic N) is 1. The largest absolute Gasteiger partial charge is 0.444 e. The molecule has 1 aliphatic rings. The number of hydrogen-bond acceptors (Lipinski definition) is 6. The van der Waals surface area contributed by atoms with Crippen molar-refractivity contribution < 1.29 is 39.9 Å². The SMILES string of the molecule is CC1(CNS(=O)(=O)C(C)(C)C)O[C@](O)(C(F)(F)F)CN1S(=O)(=O)C(C)(C)C. The van der Waals surface area contributed by atoms with Crippen LogP contribution < -0.4 is 4.72 Å². The Labute approximate surface area is 158 Å². The number of ether oxygens (including phenoxy) is 1. The first kappa shape index (κ1) is 24.6. The molecule has 1 aliphatic heterocycles. The average Bonchev–Trinajstić information content (AvgIpc) is 2.68. The molecule has 2 N–H and O–H groups in total. The van der Waals surface area contributed by atoms with Gasteiger partial charge in [-0.25, -0.2) is 21.6 Å². The molecule has 8 nitrogen and oxygen atoms in total. The van der Waals surface area contributed by atoms with Gasteiger partial charge in [-0.3, -0.25) is 0 Å². The van der Waals surface area contributed by atoms with Crippen LogP contribution in [0.15, 0.2) is 0 Å². The van der Waals surface area contributed by atoms with Gasteiger partial charge in [0.1, 0.15) is 5.72 Å². The number of alkyl halides is 3. The molecule has 0 bridgehead atoms. The zero-order valence-corrected chi connectivity index (χ0v) is 17.9. The van der Waals surface area contributed by atoms with Crippen LogP contribution in [0, 0.1) is 0 Å². The minimum absolute atomic E-state index is 0.360. The molecule has 0 aliphatic carbocycles. The van der Waals surface area contributed by atoms with E-state index in [1.807, 2.05) is 0 Å². The molecule has 1 saturated heterocycles. The van der Waals surface area contributed by atoms with Gasteiger partial charge in [-0.1, -0.05) is 0 Å². The Morgan fingerprint density at radius 2 is 1.48 bits per heavy atom. The van der Waals surface area contributed by atoms with Gasteiger partial charge in [0.15, 0.2) is 0 Å². The van der Waals surface area contributed by atoms with Crippen LogP contribution in [-0.4, -0.2) is 66.5 Å². The van der Waals surface area contributed by atoms with E-state index in [2.05, 4.69) is 4.72 Å². The predicted molar refractivity (Wildman–Crippen MR) is 92.5 cm³/mol. The second kappa shape index (κ2) is 6.52. The first-order chi connectivity index (χ1) is 11.5. The maximum atomic E-state index is 13.3. The predicted octanol–water partition coefficient (Wildman–Crippen LogP) is 1.13. The third-order valence-electron chi connectivity index (χ3n) is 4.18. The topological polar surface area (TPSA) is 113 Å². The minimum Gasteiger partial charge on any atom is -0.357 e. The Bertz CT molecular complexity index is 783. The van der Waals surface area contributed by atoms with Crippen LogP contribution in [0.4, 0.5) is 13.2 Å². The second-order valence-corrected chi connectivity index (χ2v) is 13.8. The molecule has 0 radical (unpaired) electrons. The van der Waals surface area contributed by atoms with E-state index in [-0.39, 0.29) is 0 Å². The summed E-state index contributed by atoms with van der Waals surface area (Å²) < 4.78 is 94.3. The van der Waals surface area contributed by atoms with Crippen molar-refractivity contribution in [2.75, 3.05) is 13.1 Å². The van der Waals surface area contributed by atoms with Crippen molar-refractivity contribution in [3.05, 3.63) is 0 Å². The highest BCUT2D eigenvalue weighted by Crippen LogP contribution is 2.45. The lowest BCUT2D eigenvalue weighted by Crippen LogP contribution is -2.57. The fraction of sp³-hybridized carbons (Fsp3) is 1.00. The molecule has 0 amide bonds. The molecule has 162 valence electrons. The van der Waals surface area contributed by atoms with Crippen LogP contribution in [0.5, 0.6) is 0 Å². The van der Waals surface area contributed by atoms with E-state index in [1.165, 1.54) is 41.5 Å². The van der Waals surface area contributed by atoms with Crippen molar-refractivity contribution in [1.29, 1.82) is 0 Å². The summed E-state index contributed by atoms with van der Waals surface area (Å²) in [5, 5.41) is 9.92. The zero-order chi connectivity index (χ0) is 21.9. The van der Waals surface area contributed by atoms with Crippen molar-refractivity contribution in [1.82, 2.24) is 9.03 Å². The van der Waals surface area contributed by atoms with Gasteiger partial charge < -0.3 is 9.84 Å². The smallest absolute Gasteiger partial charge is 0.357 e. The van der Waals surface area contributed by atoms with E-state index < -0.39 is 60.3 Å². The lowest BCUT2D eigenvalue weighted by atomic mass is 10.3. The Morgan fingerprint density at radius 1 is 1.04 bits per heavy atom. The van der Waals surface area contributed by atoms with E-state index in [0.29, 0.717) is 4.31 Å². The van der Waals surface area contributed by atoms with E-state index in [4.69, 9.17) is 4.74 Å². The average molecular weight is 441 g/mol. The van der Waals surface area contributed by atoms with Crippen molar-refractivity contribution in [2.24, 2.45) is 0 Å². The summed E-state index contributed by atoms with van der Waals surface area (Å²) >= 11 is 0. The highest BCUT2D eigenvalue weighted by atomic mass is 32.2. The summed E-state index contributed by atoms with van der Waals surface area (Å²) in [7, 11) is -8.42. The van der Waals surface area contributed by atoms with Gasteiger partial charge in [0.2, 0.25) is 20.0 Å². The van der Waals surface area contributed by atoms with Gasteiger partial charge in [0, 0.05) is 0 Å². The molecular weight excluding hydrogens is 413 g/mol. The van der Waals surface area contributed by atoms with Crippen LogP contribution in [0.3, 0.4) is 0 Å². The van der Waals surface area contributed by atoms with Gasteiger partial charge in [-0.15, -0.1) is 0 Å². The summed E-state index contributed by atoms with van der Waals surface area (Å²) in [6.45, 7) is 6.65. The van der Waals surface area contributed by atoms with E-state index in [1.54, 1.807) is 0 Å². The molecule has 0 aromatic rings. The molecule has 0 aromatic heterocycles. The number of aliphatic hydroxyl groups is 1. The van der Waals surface area contributed by atoms with Crippen LogP contribution in [0.2, 0.25) is 0 Å². The monoisotopic (exact) mass is 440 g/mol. The van der Waals surface area contributed by atoms with Crippen LogP contribution in [0.25, 0.3) is 0 Å².